The van der Waals surface area contributed by atoms with E-state index in [-0.39, 0.29) is 5.91 Å². The molecule has 3 N–H and O–H groups in total. The third-order valence-corrected chi connectivity index (χ3v) is 4.86. The normalized spacial score (nSPS) is 11.7. The number of primary amides is 1. The molecular formula is C24H27N3O3. The molecule has 6 heteroatoms. The molecule has 30 heavy (non-hydrogen) atoms. The number of para-hydroxylation sites is 1. The van der Waals surface area contributed by atoms with E-state index in [0.717, 1.165) is 41.5 Å². The van der Waals surface area contributed by atoms with Gasteiger partial charge in [0.15, 0.2) is 0 Å². The summed E-state index contributed by atoms with van der Waals surface area (Å²) in [6.45, 7) is 0.565. The second kappa shape index (κ2) is 11.0. The Labute approximate surface area is 176 Å². The summed E-state index contributed by atoms with van der Waals surface area (Å²) < 4.78 is 5.86. The highest BCUT2D eigenvalue weighted by molar-refractivity contribution is 5.86. The molecule has 6 nitrogen and oxygen atoms in total. The van der Waals surface area contributed by atoms with Gasteiger partial charge < -0.3 is 15.8 Å². The van der Waals surface area contributed by atoms with Gasteiger partial charge in [-0.25, -0.2) is 0 Å². The summed E-state index contributed by atoms with van der Waals surface area (Å²) in [6.07, 6.45) is 4.92. The maximum atomic E-state index is 12.2. The van der Waals surface area contributed by atoms with Gasteiger partial charge in [0, 0.05) is 24.4 Å². The zero-order chi connectivity index (χ0) is 21.2. The zero-order valence-electron chi connectivity index (χ0n) is 16.9. The first-order valence-corrected chi connectivity index (χ1v) is 10.2. The molecule has 3 rings (SSSR count). The van der Waals surface area contributed by atoms with Crippen molar-refractivity contribution in [1.82, 2.24) is 10.3 Å². The second-order valence-electron chi connectivity index (χ2n) is 7.20. The lowest BCUT2D eigenvalue weighted by molar-refractivity contribution is -0.127. The Morgan fingerprint density at radius 3 is 2.57 bits per heavy atom. The first-order chi connectivity index (χ1) is 14.6. The van der Waals surface area contributed by atoms with Crippen LogP contribution in [-0.2, 0) is 16.0 Å². The number of benzene rings is 2. The Morgan fingerprint density at radius 2 is 1.77 bits per heavy atom. The van der Waals surface area contributed by atoms with Crippen LogP contribution in [0.4, 0.5) is 0 Å². The topological polar surface area (TPSA) is 94.3 Å². The maximum Gasteiger partial charge on any atom is 0.240 e. The Bertz CT molecular complexity index is 970. The highest BCUT2D eigenvalue weighted by Crippen LogP contribution is 2.23. The van der Waals surface area contributed by atoms with Gasteiger partial charge in [0.25, 0.3) is 0 Å². The summed E-state index contributed by atoms with van der Waals surface area (Å²) in [7, 11) is 0. The van der Waals surface area contributed by atoms with Gasteiger partial charge in [0.2, 0.25) is 11.8 Å². The number of pyridine rings is 1. The van der Waals surface area contributed by atoms with Crippen molar-refractivity contribution < 1.29 is 14.3 Å². The molecule has 2 amide bonds. The van der Waals surface area contributed by atoms with Gasteiger partial charge in [-0.15, -0.1) is 0 Å². The van der Waals surface area contributed by atoms with Crippen molar-refractivity contribution >= 4 is 22.7 Å². The van der Waals surface area contributed by atoms with Gasteiger partial charge in [-0.2, -0.15) is 0 Å². The lowest BCUT2D eigenvalue weighted by atomic mass is 10.1. The lowest BCUT2D eigenvalue weighted by Gasteiger charge is -2.15. The van der Waals surface area contributed by atoms with Gasteiger partial charge in [-0.1, -0.05) is 48.5 Å². The molecule has 0 aliphatic heterocycles. The molecule has 0 bridgehead atoms. The van der Waals surface area contributed by atoms with Crippen LogP contribution < -0.4 is 15.8 Å². The van der Waals surface area contributed by atoms with E-state index in [9.17, 15) is 9.59 Å². The minimum atomic E-state index is -0.693. The van der Waals surface area contributed by atoms with E-state index in [1.165, 1.54) is 0 Å². The summed E-state index contributed by atoms with van der Waals surface area (Å²) in [4.78, 5) is 28.2. The van der Waals surface area contributed by atoms with Crippen molar-refractivity contribution in [1.29, 1.82) is 0 Å². The fraction of sp³-hybridized carbons (Fsp3) is 0.292. The first kappa shape index (κ1) is 21.3. The number of carbonyl (C=O) groups is 2. The number of carbonyl (C=O) groups excluding carboxylic acids is 2. The first-order valence-electron chi connectivity index (χ1n) is 10.2. The molecule has 3 aromatic rings. The molecule has 0 aliphatic carbocycles. The van der Waals surface area contributed by atoms with E-state index < -0.39 is 11.9 Å². The average Bonchev–Trinajstić information content (AvgIpc) is 2.76. The van der Waals surface area contributed by atoms with Crippen LogP contribution in [0.3, 0.4) is 0 Å². The number of rotatable bonds is 11. The Kier molecular flexibility index (Phi) is 7.78. The van der Waals surface area contributed by atoms with E-state index in [2.05, 4.69) is 10.3 Å². The van der Waals surface area contributed by atoms with E-state index in [0.29, 0.717) is 19.4 Å². The summed E-state index contributed by atoms with van der Waals surface area (Å²) in [5.41, 5.74) is 7.26. The van der Waals surface area contributed by atoms with Crippen molar-refractivity contribution in [3.63, 3.8) is 0 Å². The Balaban J connectivity index is 1.36. The number of nitrogens with two attached hydrogens (primary N) is 1. The quantitative estimate of drug-likeness (QED) is 0.478. The summed E-state index contributed by atoms with van der Waals surface area (Å²) in [5.74, 6) is 0.0919. The van der Waals surface area contributed by atoms with Gasteiger partial charge in [-0.05, 0) is 37.0 Å². The SMILES string of the molecule is NC(=O)C(Cc1ccccc1)NC(=O)CCCCCOc1cccc2cccnc12. The molecule has 1 heterocycles. The van der Waals surface area contributed by atoms with E-state index in [4.69, 9.17) is 10.5 Å². The molecule has 0 radical (unpaired) electrons. The minimum Gasteiger partial charge on any atom is -0.491 e. The summed E-state index contributed by atoms with van der Waals surface area (Å²) in [5, 5.41) is 3.80. The predicted molar refractivity (Wildman–Crippen MR) is 117 cm³/mol. The third-order valence-electron chi connectivity index (χ3n) is 4.86. The number of fused-ring (bicyclic) bond motifs is 1. The number of hydrogen-bond acceptors (Lipinski definition) is 4. The van der Waals surface area contributed by atoms with Crippen LogP contribution in [0.5, 0.6) is 5.75 Å². The highest BCUT2D eigenvalue weighted by Gasteiger charge is 2.18. The second-order valence-corrected chi connectivity index (χ2v) is 7.20. The predicted octanol–water partition coefficient (Wildman–Crippen LogP) is 3.39. The molecular weight excluding hydrogens is 378 g/mol. The number of unbranched alkanes of at least 4 members (excludes halogenated alkanes) is 2. The van der Waals surface area contributed by atoms with Crippen molar-refractivity contribution in [3.05, 3.63) is 72.4 Å². The molecule has 0 fully saturated rings. The molecule has 0 aliphatic rings. The monoisotopic (exact) mass is 405 g/mol. The molecule has 1 aromatic heterocycles. The van der Waals surface area contributed by atoms with Crippen molar-refractivity contribution in [2.75, 3.05) is 6.61 Å². The van der Waals surface area contributed by atoms with Crippen LogP contribution in [0.2, 0.25) is 0 Å². The summed E-state index contributed by atoms with van der Waals surface area (Å²) >= 11 is 0. The van der Waals surface area contributed by atoms with Crippen LogP contribution in [0.1, 0.15) is 31.2 Å². The number of ether oxygens (including phenoxy) is 1. The molecule has 2 aromatic carbocycles. The van der Waals surface area contributed by atoms with Crippen molar-refractivity contribution in [3.8, 4) is 5.75 Å². The number of nitrogens with one attached hydrogen (secondary N) is 1. The fourth-order valence-electron chi connectivity index (χ4n) is 3.28. The largest absolute Gasteiger partial charge is 0.491 e. The minimum absolute atomic E-state index is 0.158. The highest BCUT2D eigenvalue weighted by atomic mass is 16.5. The Hall–Kier alpha value is -3.41. The molecule has 0 spiro atoms. The lowest BCUT2D eigenvalue weighted by Crippen LogP contribution is -2.45. The van der Waals surface area contributed by atoms with Crippen LogP contribution in [0.25, 0.3) is 10.9 Å². The van der Waals surface area contributed by atoms with Crippen LogP contribution in [-0.4, -0.2) is 29.4 Å². The van der Waals surface area contributed by atoms with Crippen LogP contribution >= 0.6 is 0 Å². The number of aromatic nitrogens is 1. The maximum absolute atomic E-state index is 12.2. The zero-order valence-corrected chi connectivity index (χ0v) is 16.9. The number of nitrogens with zero attached hydrogens (tertiary/aromatic N) is 1. The Morgan fingerprint density at radius 1 is 0.967 bits per heavy atom. The summed E-state index contributed by atoms with van der Waals surface area (Å²) in [6, 6.07) is 18.6. The molecule has 0 saturated heterocycles. The molecule has 156 valence electrons. The van der Waals surface area contributed by atoms with Crippen molar-refractivity contribution in [2.45, 2.75) is 38.1 Å². The van der Waals surface area contributed by atoms with Gasteiger partial charge >= 0.3 is 0 Å². The van der Waals surface area contributed by atoms with Crippen LogP contribution in [0, 0.1) is 0 Å². The smallest absolute Gasteiger partial charge is 0.240 e. The average molecular weight is 405 g/mol. The van der Waals surface area contributed by atoms with E-state index in [1.54, 1.807) is 6.20 Å². The third kappa shape index (κ3) is 6.30. The molecule has 0 saturated carbocycles. The van der Waals surface area contributed by atoms with Crippen LogP contribution in [0.15, 0.2) is 66.9 Å². The van der Waals surface area contributed by atoms with Crippen molar-refractivity contribution in [2.24, 2.45) is 5.73 Å². The standard InChI is InChI=1S/C24H27N3O3/c25-24(29)20(17-18-9-3-1-4-10-18)27-22(28)14-5-2-6-16-30-21-13-7-11-19-12-8-15-26-23(19)21/h1,3-4,7-13,15,20H,2,5-6,14,16-17H2,(H2,25,29)(H,27,28). The van der Waals surface area contributed by atoms with Gasteiger partial charge in [0.1, 0.15) is 17.3 Å². The molecule has 1 unspecified atom stereocenters. The number of hydrogen-bond donors (Lipinski definition) is 2. The van der Waals surface area contributed by atoms with E-state index in [1.807, 2.05) is 60.7 Å². The van der Waals surface area contributed by atoms with Gasteiger partial charge in [-0.3, -0.25) is 14.6 Å². The molecule has 1 atom stereocenters. The fourth-order valence-corrected chi connectivity index (χ4v) is 3.28. The van der Waals surface area contributed by atoms with Gasteiger partial charge in [0.05, 0.1) is 6.61 Å². The number of amides is 2. The van der Waals surface area contributed by atoms with E-state index >= 15 is 0 Å².